The first-order valence-electron chi connectivity index (χ1n) is 12.5. The van der Waals surface area contributed by atoms with Gasteiger partial charge < -0.3 is 10.2 Å². The van der Waals surface area contributed by atoms with E-state index in [1.807, 2.05) is 22.9 Å². The molecule has 0 amide bonds. The van der Waals surface area contributed by atoms with Gasteiger partial charge in [-0.25, -0.2) is 22.6 Å². The Kier molecular flexibility index (Phi) is 7.01. The van der Waals surface area contributed by atoms with E-state index in [1.54, 1.807) is 13.0 Å². The standard InChI is InChI=1S/C28H26F2N4O4S/c1-18(20-9-4-3-8-19(20)12-15-28(31)13-5-2-6-14-28)34-22-16-21(29)24(17-23(22)38-27(34)35)39(36,37)33-26-11-7-10-25(30)32-26/h3-4,7-11,16-18H,2,5-6,13-14,31H2,1H3,(H,32,33)/t18-/m1/s1. The molecule has 1 aliphatic carbocycles. The second kappa shape index (κ2) is 10.3. The van der Waals surface area contributed by atoms with Gasteiger partial charge in [0.25, 0.3) is 10.0 Å². The average Bonchev–Trinajstić information content (AvgIpc) is 3.21. The minimum Gasteiger partial charge on any atom is -0.408 e. The van der Waals surface area contributed by atoms with Crippen LogP contribution in [0.25, 0.3) is 11.1 Å². The molecule has 0 spiro atoms. The van der Waals surface area contributed by atoms with Gasteiger partial charge in [-0.3, -0.25) is 9.29 Å². The number of nitrogens with two attached hydrogens (primary N) is 1. The van der Waals surface area contributed by atoms with Crippen LogP contribution in [0.1, 0.15) is 56.2 Å². The van der Waals surface area contributed by atoms with Crippen LogP contribution in [-0.4, -0.2) is 23.5 Å². The summed E-state index contributed by atoms with van der Waals surface area (Å²) >= 11 is 0. The van der Waals surface area contributed by atoms with Gasteiger partial charge in [0, 0.05) is 17.7 Å². The third-order valence-electron chi connectivity index (χ3n) is 6.90. The lowest BCUT2D eigenvalue weighted by Gasteiger charge is -2.27. The van der Waals surface area contributed by atoms with Crippen LogP contribution in [0, 0.1) is 23.6 Å². The van der Waals surface area contributed by atoms with Crippen LogP contribution in [0.4, 0.5) is 14.6 Å². The highest BCUT2D eigenvalue weighted by Crippen LogP contribution is 2.29. The molecule has 1 atom stereocenters. The van der Waals surface area contributed by atoms with Crippen LogP contribution < -0.4 is 16.2 Å². The maximum Gasteiger partial charge on any atom is 0.420 e. The average molecular weight is 553 g/mol. The molecule has 0 saturated heterocycles. The molecular weight excluding hydrogens is 526 g/mol. The predicted octanol–water partition coefficient (Wildman–Crippen LogP) is 4.69. The number of benzene rings is 2. The summed E-state index contributed by atoms with van der Waals surface area (Å²) in [5.74, 6) is 3.25. The first-order chi connectivity index (χ1) is 18.6. The van der Waals surface area contributed by atoms with E-state index >= 15 is 4.39 Å². The van der Waals surface area contributed by atoms with Crippen molar-refractivity contribution in [2.24, 2.45) is 5.73 Å². The SMILES string of the molecule is C[C@H](c1ccccc1C#CC1(N)CCCCC1)n1c(=O)oc2cc(S(=O)(=O)Nc3cccc(F)n3)c(F)cc21. The highest BCUT2D eigenvalue weighted by Gasteiger charge is 2.27. The molecule has 0 radical (unpaired) electrons. The van der Waals surface area contributed by atoms with Crippen molar-refractivity contribution in [1.29, 1.82) is 0 Å². The van der Waals surface area contributed by atoms with Gasteiger partial charge in [-0.2, -0.15) is 4.39 Å². The van der Waals surface area contributed by atoms with Gasteiger partial charge in [0.05, 0.1) is 17.1 Å². The molecule has 5 rings (SSSR count). The van der Waals surface area contributed by atoms with E-state index in [0.29, 0.717) is 11.1 Å². The molecule has 1 saturated carbocycles. The van der Waals surface area contributed by atoms with Crippen LogP contribution in [0.5, 0.6) is 0 Å². The summed E-state index contributed by atoms with van der Waals surface area (Å²) in [7, 11) is -4.51. The lowest BCUT2D eigenvalue weighted by Crippen LogP contribution is -2.40. The molecule has 0 unspecified atom stereocenters. The zero-order valence-corrected chi connectivity index (χ0v) is 21.9. The van der Waals surface area contributed by atoms with E-state index < -0.39 is 44.0 Å². The van der Waals surface area contributed by atoms with Crippen molar-refractivity contribution in [3.05, 3.63) is 88.0 Å². The van der Waals surface area contributed by atoms with E-state index in [9.17, 15) is 17.6 Å². The number of fused-ring (bicyclic) bond motifs is 1. The Morgan fingerprint density at radius 1 is 1.10 bits per heavy atom. The van der Waals surface area contributed by atoms with E-state index in [4.69, 9.17) is 10.2 Å². The topological polar surface area (TPSA) is 120 Å². The predicted molar refractivity (Wildman–Crippen MR) is 143 cm³/mol. The Balaban J connectivity index is 1.52. The molecule has 0 bridgehead atoms. The summed E-state index contributed by atoms with van der Waals surface area (Å²) in [6, 6.07) is 12.0. The van der Waals surface area contributed by atoms with Crippen LogP contribution in [0.15, 0.2) is 68.7 Å². The van der Waals surface area contributed by atoms with E-state index in [1.165, 1.54) is 16.7 Å². The van der Waals surface area contributed by atoms with Gasteiger partial charge in [-0.05, 0) is 43.5 Å². The first-order valence-corrected chi connectivity index (χ1v) is 14.0. The summed E-state index contributed by atoms with van der Waals surface area (Å²) < 4.78 is 62.9. The number of anilines is 1. The highest BCUT2D eigenvalue weighted by atomic mass is 32.2. The summed E-state index contributed by atoms with van der Waals surface area (Å²) in [5, 5.41) is 0. The van der Waals surface area contributed by atoms with Gasteiger partial charge in [0.15, 0.2) is 5.58 Å². The van der Waals surface area contributed by atoms with Crippen LogP contribution >= 0.6 is 0 Å². The smallest absolute Gasteiger partial charge is 0.408 e. The van der Waals surface area contributed by atoms with Crippen LogP contribution in [0.2, 0.25) is 0 Å². The molecule has 2 heterocycles. The molecule has 11 heteroatoms. The maximum absolute atomic E-state index is 15.2. The van der Waals surface area contributed by atoms with Crippen molar-refractivity contribution >= 4 is 26.9 Å². The Labute approximate surface area is 223 Å². The summed E-state index contributed by atoms with van der Waals surface area (Å²) in [6.45, 7) is 1.75. The highest BCUT2D eigenvalue weighted by molar-refractivity contribution is 7.92. The Bertz CT molecular complexity index is 1780. The number of halogens is 2. The largest absolute Gasteiger partial charge is 0.420 e. The summed E-state index contributed by atoms with van der Waals surface area (Å²) in [4.78, 5) is 15.6. The number of nitrogens with one attached hydrogen (secondary N) is 1. The molecule has 202 valence electrons. The van der Waals surface area contributed by atoms with Crippen LogP contribution in [-0.2, 0) is 10.0 Å². The Hall–Kier alpha value is -4.01. The summed E-state index contributed by atoms with van der Waals surface area (Å²) in [5.41, 5.74) is 7.23. The van der Waals surface area contributed by atoms with Crippen molar-refractivity contribution < 1.29 is 21.6 Å². The molecule has 2 aromatic heterocycles. The van der Waals surface area contributed by atoms with E-state index in [2.05, 4.69) is 16.8 Å². The zero-order chi connectivity index (χ0) is 27.8. The number of sulfonamides is 1. The van der Waals surface area contributed by atoms with Crippen molar-refractivity contribution in [2.45, 2.75) is 55.5 Å². The molecular formula is C28H26F2N4O4S. The molecule has 8 nitrogen and oxygen atoms in total. The third kappa shape index (κ3) is 5.44. The fourth-order valence-corrected chi connectivity index (χ4v) is 5.96. The van der Waals surface area contributed by atoms with Gasteiger partial charge in [-0.1, -0.05) is 55.4 Å². The lowest BCUT2D eigenvalue weighted by atomic mass is 9.83. The fourth-order valence-electron chi connectivity index (χ4n) is 4.88. The maximum atomic E-state index is 15.2. The molecule has 2 aromatic carbocycles. The second-order valence-electron chi connectivity index (χ2n) is 9.67. The number of aromatic nitrogens is 2. The molecule has 1 fully saturated rings. The summed E-state index contributed by atoms with van der Waals surface area (Å²) in [6.07, 6.45) is 4.83. The quantitative estimate of drug-likeness (QED) is 0.274. The molecule has 0 aliphatic heterocycles. The van der Waals surface area contributed by atoms with Crippen molar-refractivity contribution in [2.75, 3.05) is 4.72 Å². The third-order valence-corrected chi connectivity index (χ3v) is 8.27. The van der Waals surface area contributed by atoms with E-state index in [0.717, 1.165) is 50.3 Å². The number of hydrogen-bond acceptors (Lipinski definition) is 6. The van der Waals surface area contributed by atoms with Crippen molar-refractivity contribution in [1.82, 2.24) is 9.55 Å². The van der Waals surface area contributed by atoms with Crippen molar-refractivity contribution in [3.63, 3.8) is 0 Å². The normalized spacial score (nSPS) is 15.9. The van der Waals surface area contributed by atoms with Crippen molar-refractivity contribution in [3.8, 4) is 11.8 Å². The zero-order valence-electron chi connectivity index (χ0n) is 21.1. The lowest BCUT2D eigenvalue weighted by molar-refractivity contribution is 0.370. The first kappa shape index (κ1) is 26.6. The van der Waals surface area contributed by atoms with Crippen LogP contribution in [0.3, 0.4) is 0 Å². The monoisotopic (exact) mass is 552 g/mol. The molecule has 39 heavy (non-hydrogen) atoms. The molecule has 4 aromatic rings. The Morgan fingerprint density at radius 3 is 2.59 bits per heavy atom. The minimum atomic E-state index is -4.51. The number of oxazole rings is 1. The Morgan fingerprint density at radius 2 is 1.85 bits per heavy atom. The molecule has 3 N–H and O–H groups in total. The number of hydrogen-bond donors (Lipinski definition) is 2. The number of pyridine rings is 1. The van der Waals surface area contributed by atoms with Gasteiger partial charge in [0.1, 0.15) is 16.5 Å². The molecule has 1 aliphatic rings. The second-order valence-corrected chi connectivity index (χ2v) is 11.3. The number of rotatable bonds is 5. The minimum absolute atomic E-state index is 0.0677. The van der Waals surface area contributed by atoms with Gasteiger partial charge >= 0.3 is 5.76 Å². The fraction of sp³-hybridized carbons (Fsp3) is 0.286. The van der Waals surface area contributed by atoms with Gasteiger partial charge in [-0.15, -0.1) is 0 Å². The van der Waals surface area contributed by atoms with E-state index in [-0.39, 0.29) is 16.9 Å². The number of nitrogens with zero attached hydrogens (tertiary/aromatic N) is 2. The van der Waals surface area contributed by atoms with Gasteiger partial charge in [0.2, 0.25) is 5.95 Å².